The first-order valence-electron chi connectivity index (χ1n) is 7.53. The summed E-state index contributed by atoms with van der Waals surface area (Å²) in [5.74, 6) is -0.274. The molecule has 0 aromatic heterocycles. The Morgan fingerprint density at radius 1 is 1.22 bits per heavy atom. The molecule has 8 heteroatoms. The third kappa shape index (κ3) is 5.89. The van der Waals surface area contributed by atoms with Gasteiger partial charge in [0.25, 0.3) is 0 Å². The van der Waals surface area contributed by atoms with Gasteiger partial charge < -0.3 is 4.90 Å². The second kappa shape index (κ2) is 7.85. The van der Waals surface area contributed by atoms with Gasteiger partial charge in [0.2, 0.25) is 15.9 Å². The maximum Gasteiger partial charge on any atom is 0.223 e. The van der Waals surface area contributed by atoms with Gasteiger partial charge in [-0.3, -0.25) is 9.69 Å². The molecule has 1 fully saturated rings. The lowest BCUT2D eigenvalue weighted by Gasteiger charge is -2.34. The number of hydrogen-bond acceptors (Lipinski definition) is 4. The predicted octanol–water partition coefficient (Wildman–Crippen LogP) is 0.409. The molecule has 1 heterocycles. The topological polar surface area (TPSA) is 69.7 Å². The first-order chi connectivity index (χ1) is 10.8. The number of rotatable bonds is 6. The van der Waals surface area contributed by atoms with Crippen LogP contribution in [0, 0.1) is 5.82 Å². The van der Waals surface area contributed by atoms with E-state index in [-0.39, 0.29) is 24.7 Å². The Balaban J connectivity index is 1.75. The van der Waals surface area contributed by atoms with Crippen LogP contribution >= 0.6 is 0 Å². The largest absolute Gasteiger partial charge is 0.340 e. The quantitative estimate of drug-likeness (QED) is 0.812. The van der Waals surface area contributed by atoms with Gasteiger partial charge in [0.15, 0.2) is 0 Å². The molecule has 2 rings (SSSR count). The minimum Gasteiger partial charge on any atom is -0.340 e. The number of nitrogens with zero attached hydrogens (tertiary/aromatic N) is 2. The lowest BCUT2D eigenvalue weighted by Crippen LogP contribution is -2.48. The SMILES string of the molecule is CS(=O)(=O)NCCC(=O)N1CCN(Cc2ccccc2F)CC1. The lowest BCUT2D eigenvalue weighted by atomic mass is 10.2. The number of carbonyl (C=O) groups excluding carboxylic acids is 1. The number of halogens is 1. The molecule has 1 aromatic rings. The number of hydrogen-bond donors (Lipinski definition) is 1. The Labute approximate surface area is 136 Å². The minimum atomic E-state index is -3.26. The van der Waals surface area contributed by atoms with Crippen molar-refractivity contribution < 1.29 is 17.6 Å². The fourth-order valence-electron chi connectivity index (χ4n) is 2.52. The van der Waals surface area contributed by atoms with E-state index >= 15 is 0 Å². The van der Waals surface area contributed by atoms with Crippen molar-refractivity contribution in [3.8, 4) is 0 Å². The Bertz CT molecular complexity index is 643. The van der Waals surface area contributed by atoms with E-state index < -0.39 is 10.0 Å². The first kappa shape index (κ1) is 17.8. The fraction of sp³-hybridized carbons (Fsp3) is 0.533. The maximum absolute atomic E-state index is 13.6. The number of amides is 1. The molecule has 0 spiro atoms. The lowest BCUT2D eigenvalue weighted by molar-refractivity contribution is -0.132. The average Bonchev–Trinajstić information content (AvgIpc) is 2.49. The molecule has 1 aliphatic rings. The number of carbonyl (C=O) groups is 1. The Morgan fingerprint density at radius 2 is 1.87 bits per heavy atom. The molecule has 1 aliphatic heterocycles. The van der Waals surface area contributed by atoms with Crippen molar-refractivity contribution in [3.05, 3.63) is 35.6 Å². The molecule has 0 unspecified atom stereocenters. The zero-order chi connectivity index (χ0) is 16.9. The summed E-state index contributed by atoms with van der Waals surface area (Å²) in [4.78, 5) is 15.8. The zero-order valence-electron chi connectivity index (χ0n) is 13.2. The standard InChI is InChI=1S/C15H22FN3O3S/c1-23(21,22)17-7-6-15(20)19-10-8-18(9-11-19)12-13-4-2-3-5-14(13)16/h2-5,17H,6-12H2,1H3. The van der Waals surface area contributed by atoms with Gasteiger partial charge in [-0.25, -0.2) is 17.5 Å². The molecule has 1 saturated heterocycles. The highest BCUT2D eigenvalue weighted by atomic mass is 32.2. The average molecular weight is 343 g/mol. The van der Waals surface area contributed by atoms with Crippen LogP contribution in [0.2, 0.25) is 0 Å². The minimum absolute atomic E-state index is 0.0632. The Morgan fingerprint density at radius 3 is 2.48 bits per heavy atom. The smallest absolute Gasteiger partial charge is 0.223 e. The zero-order valence-corrected chi connectivity index (χ0v) is 14.0. The van der Waals surface area contributed by atoms with Crippen LogP contribution in [0.4, 0.5) is 4.39 Å². The fourth-order valence-corrected chi connectivity index (χ4v) is 3.00. The highest BCUT2D eigenvalue weighted by molar-refractivity contribution is 7.88. The van der Waals surface area contributed by atoms with Crippen LogP contribution in [-0.2, 0) is 21.4 Å². The number of piperazine rings is 1. The molecule has 0 radical (unpaired) electrons. The predicted molar refractivity (Wildman–Crippen MR) is 85.7 cm³/mol. The van der Waals surface area contributed by atoms with E-state index in [4.69, 9.17) is 0 Å². The van der Waals surface area contributed by atoms with Crippen molar-refractivity contribution in [2.45, 2.75) is 13.0 Å². The molecule has 1 aromatic carbocycles. The molecular formula is C15H22FN3O3S. The molecule has 1 N–H and O–H groups in total. The van der Waals surface area contributed by atoms with Crippen LogP contribution in [0.5, 0.6) is 0 Å². The highest BCUT2D eigenvalue weighted by Crippen LogP contribution is 2.12. The monoisotopic (exact) mass is 343 g/mol. The van der Waals surface area contributed by atoms with Crippen molar-refractivity contribution in [1.82, 2.24) is 14.5 Å². The van der Waals surface area contributed by atoms with Gasteiger partial charge in [-0.1, -0.05) is 18.2 Å². The molecule has 6 nitrogen and oxygen atoms in total. The summed E-state index contributed by atoms with van der Waals surface area (Å²) in [5.41, 5.74) is 0.657. The van der Waals surface area contributed by atoms with E-state index in [0.717, 1.165) is 6.26 Å². The van der Waals surface area contributed by atoms with Crippen molar-refractivity contribution in [1.29, 1.82) is 0 Å². The Kier molecular flexibility index (Phi) is 6.09. The molecule has 0 atom stereocenters. The second-order valence-corrected chi connectivity index (χ2v) is 7.50. The molecule has 23 heavy (non-hydrogen) atoms. The van der Waals surface area contributed by atoms with Crippen molar-refractivity contribution >= 4 is 15.9 Å². The van der Waals surface area contributed by atoms with Crippen LogP contribution in [-0.4, -0.2) is 63.1 Å². The van der Waals surface area contributed by atoms with E-state index in [9.17, 15) is 17.6 Å². The van der Waals surface area contributed by atoms with E-state index in [1.807, 2.05) is 6.07 Å². The molecule has 0 bridgehead atoms. The molecule has 128 valence electrons. The van der Waals surface area contributed by atoms with Crippen LogP contribution < -0.4 is 4.72 Å². The van der Waals surface area contributed by atoms with Gasteiger partial charge in [0.05, 0.1) is 6.26 Å². The van der Waals surface area contributed by atoms with Gasteiger partial charge in [0, 0.05) is 51.3 Å². The van der Waals surface area contributed by atoms with Gasteiger partial charge in [-0.05, 0) is 6.07 Å². The maximum atomic E-state index is 13.6. The van der Waals surface area contributed by atoms with E-state index in [1.54, 1.807) is 17.0 Å². The molecule has 1 amide bonds. The first-order valence-corrected chi connectivity index (χ1v) is 9.42. The van der Waals surface area contributed by atoms with Gasteiger partial charge in [-0.2, -0.15) is 0 Å². The number of benzene rings is 1. The molecule has 0 aliphatic carbocycles. The third-order valence-electron chi connectivity index (χ3n) is 3.78. The molecular weight excluding hydrogens is 321 g/mol. The van der Waals surface area contributed by atoms with Gasteiger partial charge in [0.1, 0.15) is 5.82 Å². The van der Waals surface area contributed by atoms with Crippen molar-refractivity contribution in [3.63, 3.8) is 0 Å². The summed E-state index contributed by atoms with van der Waals surface area (Å²) in [6, 6.07) is 6.69. The van der Waals surface area contributed by atoms with Crippen molar-refractivity contribution in [2.24, 2.45) is 0 Å². The number of nitrogens with one attached hydrogen (secondary N) is 1. The van der Waals surface area contributed by atoms with Gasteiger partial charge >= 0.3 is 0 Å². The van der Waals surface area contributed by atoms with Crippen molar-refractivity contribution in [2.75, 3.05) is 39.0 Å². The van der Waals surface area contributed by atoms with Gasteiger partial charge in [-0.15, -0.1) is 0 Å². The summed E-state index contributed by atoms with van der Waals surface area (Å²) in [5, 5.41) is 0. The Hall–Kier alpha value is -1.51. The summed E-state index contributed by atoms with van der Waals surface area (Å²) < 4.78 is 37.9. The summed E-state index contributed by atoms with van der Waals surface area (Å²) in [6.07, 6.45) is 1.22. The second-order valence-electron chi connectivity index (χ2n) is 5.66. The van der Waals surface area contributed by atoms with E-state index in [1.165, 1.54) is 6.07 Å². The normalized spacial score (nSPS) is 16.5. The third-order valence-corrected chi connectivity index (χ3v) is 4.51. The molecule has 0 saturated carbocycles. The number of sulfonamides is 1. The summed E-state index contributed by atoms with van der Waals surface area (Å²) >= 11 is 0. The van der Waals surface area contributed by atoms with Crippen LogP contribution in [0.3, 0.4) is 0 Å². The summed E-state index contributed by atoms with van der Waals surface area (Å²) in [7, 11) is -3.26. The van der Waals surface area contributed by atoms with Crippen LogP contribution in [0.1, 0.15) is 12.0 Å². The van der Waals surface area contributed by atoms with Crippen LogP contribution in [0.25, 0.3) is 0 Å². The van der Waals surface area contributed by atoms with Crippen LogP contribution in [0.15, 0.2) is 24.3 Å². The van der Waals surface area contributed by atoms with E-state index in [0.29, 0.717) is 38.3 Å². The summed E-state index contributed by atoms with van der Waals surface area (Å²) in [6.45, 7) is 3.16. The highest BCUT2D eigenvalue weighted by Gasteiger charge is 2.21. The van der Waals surface area contributed by atoms with E-state index in [2.05, 4.69) is 9.62 Å².